The van der Waals surface area contributed by atoms with Gasteiger partial charge in [-0.2, -0.15) is 0 Å². The fourth-order valence-corrected chi connectivity index (χ4v) is 3.84. The number of Topliss-reactive ketones (excluding diaryl/α,β-unsaturated/α-hetero) is 1. The van der Waals surface area contributed by atoms with E-state index < -0.39 is 0 Å². The molecule has 5 heteroatoms. The third kappa shape index (κ3) is 3.66. The molecule has 0 saturated carbocycles. The topological polar surface area (TPSA) is 69.9 Å². The van der Waals surface area contributed by atoms with Crippen LogP contribution in [0.3, 0.4) is 0 Å². The smallest absolute Gasteiger partial charge is 0.209 e. The highest BCUT2D eigenvalue weighted by atomic mass is 16.1. The van der Waals surface area contributed by atoms with Crippen molar-refractivity contribution in [1.29, 1.82) is 0 Å². The van der Waals surface area contributed by atoms with Gasteiger partial charge in [-0.25, -0.2) is 15.0 Å². The van der Waals surface area contributed by atoms with Gasteiger partial charge < -0.3 is 4.98 Å². The fraction of sp³-hybridized carbons (Fsp3) is 0.200. The van der Waals surface area contributed by atoms with E-state index in [0.717, 1.165) is 70.5 Å². The number of rotatable bonds is 4. The molecule has 8 bridgehead atoms. The first kappa shape index (κ1) is 18.4. The van der Waals surface area contributed by atoms with E-state index in [1.54, 1.807) is 6.08 Å². The zero-order chi connectivity index (χ0) is 20.5. The van der Waals surface area contributed by atoms with Crippen molar-refractivity contribution in [1.82, 2.24) is 4.98 Å². The summed E-state index contributed by atoms with van der Waals surface area (Å²) in [6, 6.07) is 4.04. The Morgan fingerprint density at radius 3 is 2.13 bits per heavy atom. The number of nitrogens with one attached hydrogen (secondary N) is 1. The van der Waals surface area contributed by atoms with E-state index in [9.17, 15) is 4.79 Å². The van der Waals surface area contributed by atoms with Crippen LogP contribution in [-0.4, -0.2) is 27.9 Å². The number of aromatic nitrogens is 1. The molecule has 5 rings (SSSR count). The number of H-pyrrole nitrogens is 1. The van der Waals surface area contributed by atoms with Crippen LogP contribution in [0.15, 0.2) is 86.2 Å². The number of aliphatic imine (C=N–C) groups is 3. The van der Waals surface area contributed by atoms with Crippen LogP contribution in [0.1, 0.15) is 32.6 Å². The van der Waals surface area contributed by atoms with Gasteiger partial charge in [0.05, 0.1) is 28.5 Å². The Morgan fingerprint density at radius 1 is 0.800 bits per heavy atom. The number of hydrogen-bond acceptors (Lipinski definition) is 4. The summed E-state index contributed by atoms with van der Waals surface area (Å²) in [5.74, 6) is 0.00197. The maximum Gasteiger partial charge on any atom is 0.209 e. The van der Waals surface area contributed by atoms with Crippen LogP contribution in [0.25, 0.3) is 12.2 Å². The Hall–Kier alpha value is -3.60. The molecular weight excluding hydrogens is 372 g/mol. The lowest BCUT2D eigenvalue weighted by Gasteiger charge is -2.02. The van der Waals surface area contributed by atoms with E-state index in [1.807, 2.05) is 54.7 Å². The molecule has 1 aromatic rings. The van der Waals surface area contributed by atoms with Crippen LogP contribution in [0.5, 0.6) is 0 Å². The van der Waals surface area contributed by atoms with Gasteiger partial charge in [0, 0.05) is 16.3 Å². The number of nitrogens with zero attached hydrogens (tertiary/aromatic N) is 3. The van der Waals surface area contributed by atoms with Crippen molar-refractivity contribution in [3.63, 3.8) is 0 Å². The number of unbranched alkanes of at least 4 members (excludes halogenated alkanes) is 2. The van der Waals surface area contributed by atoms with Crippen molar-refractivity contribution in [3.05, 3.63) is 82.0 Å². The lowest BCUT2D eigenvalue weighted by Crippen LogP contribution is -2.12. The van der Waals surface area contributed by atoms with Crippen LogP contribution in [0.4, 0.5) is 0 Å². The van der Waals surface area contributed by atoms with E-state index in [0.29, 0.717) is 5.71 Å². The quantitative estimate of drug-likeness (QED) is 0.783. The first-order valence-electron chi connectivity index (χ1n) is 10.4. The highest BCUT2D eigenvalue weighted by Crippen LogP contribution is 2.27. The molecule has 4 aliphatic heterocycles. The summed E-state index contributed by atoms with van der Waals surface area (Å²) < 4.78 is 0. The van der Waals surface area contributed by atoms with Gasteiger partial charge in [0.1, 0.15) is 5.71 Å². The zero-order valence-electron chi connectivity index (χ0n) is 16.9. The number of ketones is 1. The van der Waals surface area contributed by atoms with Crippen LogP contribution in [0.2, 0.25) is 0 Å². The van der Waals surface area contributed by atoms with Crippen LogP contribution in [0, 0.1) is 0 Å². The average molecular weight is 394 g/mol. The summed E-state index contributed by atoms with van der Waals surface area (Å²) in [4.78, 5) is 30.4. The molecule has 5 nitrogen and oxygen atoms in total. The molecule has 0 amide bonds. The third-order valence-electron chi connectivity index (χ3n) is 5.36. The summed E-state index contributed by atoms with van der Waals surface area (Å²) in [5.41, 5.74) is 5.19. The van der Waals surface area contributed by atoms with Crippen molar-refractivity contribution >= 4 is 35.1 Å². The van der Waals surface area contributed by atoms with E-state index >= 15 is 0 Å². The number of allylic oxidation sites excluding steroid dienone is 7. The second-order valence-corrected chi connectivity index (χ2v) is 7.68. The molecule has 148 valence electrons. The number of carbonyl (C=O) groups excluding carboxylic acids is 1. The van der Waals surface area contributed by atoms with Crippen molar-refractivity contribution < 1.29 is 4.79 Å². The minimum atomic E-state index is 0.00197. The predicted octanol–water partition coefficient (Wildman–Crippen LogP) is 3.24. The molecule has 0 saturated heterocycles. The molecule has 1 N–H and O–H groups in total. The van der Waals surface area contributed by atoms with Crippen LogP contribution < -0.4 is 10.7 Å². The standard InChI is InChI=1S/C25H22N4O/c1-2-3-4-5-22-23-14-20-10-8-18(27-20)12-16-6-7-17(26-16)13-19-9-11-21(28-19)15-24(29-23)25(22)30/h6-15,26H,2-5H2,1H3. The van der Waals surface area contributed by atoms with Crippen molar-refractivity contribution in [2.45, 2.75) is 32.6 Å². The highest BCUT2D eigenvalue weighted by molar-refractivity contribution is 6.52. The molecule has 0 atom stereocenters. The van der Waals surface area contributed by atoms with Gasteiger partial charge in [-0.15, -0.1) is 0 Å². The normalized spacial score (nSPS) is 19.2. The number of fused-ring (bicyclic) bond motifs is 5. The minimum Gasteiger partial charge on any atom is -0.355 e. The van der Waals surface area contributed by atoms with Gasteiger partial charge in [0.25, 0.3) is 0 Å². The molecule has 4 aliphatic rings. The number of carbonyl (C=O) groups is 1. The van der Waals surface area contributed by atoms with Crippen molar-refractivity contribution in [3.8, 4) is 0 Å². The van der Waals surface area contributed by atoms with Gasteiger partial charge in [-0.3, -0.25) is 4.79 Å². The molecule has 30 heavy (non-hydrogen) atoms. The Balaban J connectivity index is 1.63. The zero-order valence-corrected chi connectivity index (χ0v) is 16.9. The Bertz CT molecular complexity index is 1300. The Morgan fingerprint density at radius 2 is 1.47 bits per heavy atom. The lowest BCUT2D eigenvalue weighted by atomic mass is 10.0. The minimum absolute atomic E-state index is 0.00197. The van der Waals surface area contributed by atoms with Crippen molar-refractivity contribution in [2.24, 2.45) is 15.0 Å². The van der Waals surface area contributed by atoms with Crippen LogP contribution >= 0.6 is 0 Å². The maximum absolute atomic E-state index is 13.1. The van der Waals surface area contributed by atoms with Gasteiger partial charge in [0.2, 0.25) is 5.78 Å². The van der Waals surface area contributed by atoms with Gasteiger partial charge in [-0.05, 0) is 73.6 Å². The van der Waals surface area contributed by atoms with E-state index in [2.05, 4.69) is 26.9 Å². The molecule has 1 aromatic heterocycles. The fourth-order valence-electron chi connectivity index (χ4n) is 3.84. The summed E-state index contributed by atoms with van der Waals surface area (Å²) in [6.07, 6.45) is 19.4. The summed E-state index contributed by atoms with van der Waals surface area (Å²) in [7, 11) is 0. The second kappa shape index (κ2) is 7.67. The molecule has 5 heterocycles. The summed E-state index contributed by atoms with van der Waals surface area (Å²) in [6.45, 7) is 2.16. The van der Waals surface area contributed by atoms with E-state index in [-0.39, 0.29) is 5.78 Å². The number of aromatic amines is 1. The number of hydrogen-bond donors (Lipinski definition) is 1. The first-order chi connectivity index (χ1) is 14.7. The second-order valence-electron chi connectivity index (χ2n) is 7.68. The summed E-state index contributed by atoms with van der Waals surface area (Å²) >= 11 is 0. The molecule has 0 unspecified atom stereocenters. The average Bonchev–Trinajstić information content (AvgIpc) is 3.50. The maximum atomic E-state index is 13.1. The summed E-state index contributed by atoms with van der Waals surface area (Å²) in [5, 5.41) is 1.94. The Kier molecular flexibility index (Phi) is 4.71. The van der Waals surface area contributed by atoms with Gasteiger partial charge >= 0.3 is 0 Å². The molecular formula is C25H22N4O. The highest BCUT2D eigenvalue weighted by Gasteiger charge is 2.26. The van der Waals surface area contributed by atoms with Gasteiger partial charge in [0.15, 0.2) is 0 Å². The van der Waals surface area contributed by atoms with Crippen LogP contribution in [-0.2, 0) is 4.79 Å². The molecule has 0 spiro atoms. The Labute approximate surface area is 174 Å². The molecule has 0 aromatic carbocycles. The molecule has 0 radical (unpaired) electrons. The largest absolute Gasteiger partial charge is 0.355 e. The molecule has 0 fully saturated rings. The monoisotopic (exact) mass is 394 g/mol. The van der Waals surface area contributed by atoms with Crippen molar-refractivity contribution in [2.75, 3.05) is 0 Å². The molecule has 0 aliphatic carbocycles. The SMILES string of the molecule is CCCCCC1=C2C=C3C=CC(=N3)C=c3ccc([nH]3)=CC3=NC(=CC(=N2)C1=O)C=C3. The predicted molar refractivity (Wildman–Crippen MR) is 122 cm³/mol. The lowest BCUT2D eigenvalue weighted by molar-refractivity contribution is -0.109. The van der Waals surface area contributed by atoms with Gasteiger partial charge in [-0.1, -0.05) is 19.8 Å². The van der Waals surface area contributed by atoms with E-state index in [1.165, 1.54) is 0 Å². The third-order valence-corrected chi connectivity index (χ3v) is 5.36. The first-order valence-corrected chi connectivity index (χ1v) is 10.4. The van der Waals surface area contributed by atoms with E-state index in [4.69, 9.17) is 0 Å².